The Balaban J connectivity index is 1.37. The lowest BCUT2D eigenvalue weighted by Crippen LogP contribution is -2.25. The second-order valence-electron chi connectivity index (χ2n) is 8.90. The second-order valence-corrected chi connectivity index (χ2v) is 10.0. The summed E-state index contributed by atoms with van der Waals surface area (Å²) < 4.78 is 5.72. The number of furan rings is 1. The van der Waals surface area contributed by atoms with Crippen LogP contribution in [0.1, 0.15) is 55.9 Å². The number of aryl methyl sites for hydroxylation is 3. The minimum Gasteiger partial charge on any atom is -0.464 e. The largest absolute Gasteiger partial charge is 0.464 e. The van der Waals surface area contributed by atoms with Crippen LogP contribution in [0.3, 0.4) is 0 Å². The maximum atomic E-state index is 13.2. The number of amides is 2. The Morgan fingerprint density at radius 1 is 1.18 bits per heavy atom. The summed E-state index contributed by atoms with van der Waals surface area (Å²) in [4.78, 5) is 31.6. The van der Waals surface area contributed by atoms with Crippen molar-refractivity contribution in [1.82, 2.24) is 10.3 Å². The third-order valence-electron chi connectivity index (χ3n) is 6.27. The summed E-state index contributed by atoms with van der Waals surface area (Å²) >= 11 is 1.53. The fourth-order valence-corrected chi connectivity index (χ4v) is 6.07. The normalized spacial score (nSPS) is 13.0. The van der Waals surface area contributed by atoms with Gasteiger partial charge >= 0.3 is 0 Å². The van der Waals surface area contributed by atoms with Gasteiger partial charge in [-0.1, -0.05) is 12.1 Å². The van der Waals surface area contributed by atoms with Crippen molar-refractivity contribution in [2.75, 3.05) is 5.32 Å². The van der Waals surface area contributed by atoms with Crippen LogP contribution in [0.15, 0.2) is 47.3 Å². The molecule has 1 aromatic carbocycles. The molecule has 0 saturated carbocycles. The fraction of sp³-hybridized carbons (Fsp3) is 0.296. The number of fused-ring (bicyclic) bond motifs is 2. The number of benzene rings is 1. The summed E-state index contributed by atoms with van der Waals surface area (Å²) in [5.74, 6) is -0.304. The molecule has 3 heterocycles. The van der Waals surface area contributed by atoms with Crippen LogP contribution in [0, 0.1) is 13.8 Å². The molecule has 0 atom stereocenters. The third-order valence-corrected chi connectivity index (χ3v) is 7.48. The number of hydrogen-bond acceptors (Lipinski definition) is 5. The molecular weight excluding hydrogens is 446 g/mol. The highest BCUT2D eigenvalue weighted by Gasteiger charge is 2.26. The van der Waals surface area contributed by atoms with E-state index in [2.05, 4.69) is 21.7 Å². The van der Waals surface area contributed by atoms with Gasteiger partial charge < -0.3 is 15.1 Å². The highest BCUT2D eigenvalue weighted by Crippen LogP contribution is 2.38. The zero-order chi connectivity index (χ0) is 23.7. The third kappa shape index (κ3) is 4.48. The van der Waals surface area contributed by atoms with Crippen LogP contribution >= 0.6 is 11.3 Å². The SMILES string of the molecule is Cc1cc(C)c2c(CC(=O)Nc3sc4c(c3C(=O)NCc3cccnc3)CCCC4)coc2c1. The lowest BCUT2D eigenvalue weighted by atomic mass is 9.95. The molecule has 0 fully saturated rings. The molecule has 7 heteroatoms. The molecule has 4 aromatic rings. The quantitative estimate of drug-likeness (QED) is 0.387. The average Bonchev–Trinajstić information content (AvgIpc) is 3.39. The number of hydrogen-bond donors (Lipinski definition) is 2. The van der Waals surface area contributed by atoms with Gasteiger partial charge in [0.15, 0.2) is 0 Å². The lowest BCUT2D eigenvalue weighted by molar-refractivity contribution is -0.115. The molecule has 0 bridgehead atoms. The number of aromatic nitrogens is 1. The molecule has 2 N–H and O–H groups in total. The first-order chi connectivity index (χ1) is 16.5. The molecule has 5 rings (SSSR count). The van der Waals surface area contributed by atoms with Gasteiger partial charge in [-0.25, -0.2) is 0 Å². The van der Waals surface area contributed by atoms with E-state index in [9.17, 15) is 9.59 Å². The van der Waals surface area contributed by atoms with Crippen molar-refractivity contribution in [2.45, 2.75) is 52.5 Å². The van der Waals surface area contributed by atoms with Crippen LogP contribution in [-0.2, 0) is 30.6 Å². The number of pyridine rings is 1. The van der Waals surface area contributed by atoms with Gasteiger partial charge in [0.05, 0.1) is 18.2 Å². The first kappa shape index (κ1) is 22.3. The van der Waals surface area contributed by atoms with E-state index in [0.717, 1.165) is 64.5 Å². The van der Waals surface area contributed by atoms with Crippen molar-refractivity contribution in [1.29, 1.82) is 0 Å². The molecule has 174 valence electrons. The molecule has 34 heavy (non-hydrogen) atoms. The van der Waals surface area contributed by atoms with Crippen LogP contribution in [0.2, 0.25) is 0 Å². The van der Waals surface area contributed by atoms with Gasteiger partial charge in [-0.05, 0) is 73.9 Å². The Morgan fingerprint density at radius 2 is 2.03 bits per heavy atom. The average molecular weight is 474 g/mol. The lowest BCUT2D eigenvalue weighted by Gasteiger charge is -2.13. The maximum absolute atomic E-state index is 13.2. The standard InChI is InChI=1S/C27H27N3O3S/c1-16-10-17(2)24-19(15-33-21(24)11-16)12-23(31)30-27-25(20-7-3-4-8-22(20)34-27)26(32)29-14-18-6-5-9-28-13-18/h5-6,9-11,13,15H,3-4,7-8,12,14H2,1-2H3,(H,29,32)(H,30,31). The number of carbonyl (C=O) groups excluding carboxylic acids is 2. The van der Waals surface area contributed by atoms with Crippen molar-refractivity contribution in [3.05, 3.63) is 81.2 Å². The van der Waals surface area contributed by atoms with Gasteiger partial charge in [-0.2, -0.15) is 0 Å². The summed E-state index contributed by atoms with van der Waals surface area (Å²) in [6.45, 7) is 4.45. The summed E-state index contributed by atoms with van der Waals surface area (Å²) in [7, 11) is 0. The highest BCUT2D eigenvalue weighted by molar-refractivity contribution is 7.17. The van der Waals surface area contributed by atoms with E-state index in [1.807, 2.05) is 32.0 Å². The minimum absolute atomic E-state index is 0.150. The second kappa shape index (κ2) is 9.43. The monoisotopic (exact) mass is 473 g/mol. The number of anilines is 1. The molecule has 0 spiro atoms. The van der Waals surface area contributed by atoms with E-state index in [1.165, 1.54) is 16.2 Å². The molecular formula is C27H27N3O3S. The Morgan fingerprint density at radius 3 is 2.85 bits per heavy atom. The first-order valence-electron chi connectivity index (χ1n) is 11.6. The number of rotatable bonds is 6. The topological polar surface area (TPSA) is 84.2 Å². The first-order valence-corrected chi connectivity index (χ1v) is 12.4. The minimum atomic E-state index is -0.154. The molecule has 2 amide bonds. The van der Waals surface area contributed by atoms with Crippen LogP contribution < -0.4 is 10.6 Å². The maximum Gasteiger partial charge on any atom is 0.254 e. The zero-order valence-electron chi connectivity index (χ0n) is 19.4. The summed E-state index contributed by atoms with van der Waals surface area (Å²) in [6, 6.07) is 7.86. The Bertz CT molecular complexity index is 1370. The van der Waals surface area contributed by atoms with E-state index >= 15 is 0 Å². The molecule has 0 unspecified atom stereocenters. The van der Waals surface area contributed by atoms with Gasteiger partial charge in [0.1, 0.15) is 10.6 Å². The molecule has 0 radical (unpaired) electrons. The van der Waals surface area contributed by atoms with Gasteiger partial charge in [-0.15, -0.1) is 11.3 Å². The number of nitrogens with one attached hydrogen (secondary N) is 2. The molecule has 0 aliphatic heterocycles. The summed E-state index contributed by atoms with van der Waals surface area (Å²) in [5, 5.41) is 7.68. The van der Waals surface area contributed by atoms with Crippen LogP contribution in [0.5, 0.6) is 0 Å². The van der Waals surface area contributed by atoms with Crippen molar-refractivity contribution in [3.63, 3.8) is 0 Å². The van der Waals surface area contributed by atoms with Gasteiger partial charge in [0, 0.05) is 34.8 Å². The van der Waals surface area contributed by atoms with Gasteiger partial charge in [0.2, 0.25) is 5.91 Å². The van der Waals surface area contributed by atoms with Crippen molar-refractivity contribution < 1.29 is 14.0 Å². The molecule has 3 aromatic heterocycles. The van der Waals surface area contributed by atoms with Crippen LogP contribution in [0.25, 0.3) is 11.0 Å². The van der Waals surface area contributed by atoms with E-state index < -0.39 is 0 Å². The Kier molecular flexibility index (Phi) is 6.20. The van der Waals surface area contributed by atoms with E-state index in [1.54, 1.807) is 18.7 Å². The van der Waals surface area contributed by atoms with E-state index in [0.29, 0.717) is 17.1 Å². The molecule has 6 nitrogen and oxygen atoms in total. The van der Waals surface area contributed by atoms with E-state index in [4.69, 9.17) is 4.42 Å². The number of nitrogens with zero attached hydrogens (tertiary/aromatic N) is 1. The Labute approximate surface area is 202 Å². The molecule has 1 aliphatic rings. The zero-order valence-corrected chi connectivity index (χ0v) is 20.2. The van der Waals surface area contributed by atoms with Crippen molar-refractivity contribution in [3.8, 4) is 0 Å². The van der Waals surface area contributed by atoms with Crippen molar-refractivity contribution in [2.24, 2.45) is 0 Å². The fourth-order valence-electron chi connectivity index (χ4n) is 4.77. The molecule has 0 saturated heterocycles. The van der Waals surface area contributed by atoms with Gasteiger partial charge in [-0.3, -0.25) is 14.6 Å². The van der Waals surface area contributed by atoms with Crippen LogP contribution in [-0.4, -0.2) is 16.8 Å². The highest BCUT2D eigenvalue weighted by atomic mass is 32.1. The Hall–Kier alpha value is -3.45. The number of carbonyl (C=O) groups is 2. The number of thiophene rings is 1. The van der Waals surface area contributed by atoms with Crippen LogP contribution in [0.4, 0.5) is 5.00 Å². The summed E-state index contributed by atoms with van der Waals surface area (Å²) in [5.41, 5.74) is 6.49. The van der Waals surface area contributed by atoms with Gasteiger partial charge in [0.25, 0.3) is 5.91 Å². The van der Waals surface area contributed by atoms with Crippen molar-refractivity contribution >= 4 is 39.1 Å². The van der Waals surface area contributed by atoms with E-state index in [-0.39, 0.29) is 18.2 Å². The predicted molar refractivity (Wildman–Crippen MR) is 134 cm³/mol. The summed E-state index contributed by atoms with van der Waals surface area (Å²) in [6.07, 6.45) is 9.28. The predicted octanol–water partition coefficient (Wildman–Crippen LogP) is 5.50. The smallest absolute Gasteiger partial charge is 0.254 e. The molecule has 1 aliphatic carbocycles.